The van der Waals surface area contributed by atoms with E-state index in [1.807, 2.05) is 43.0 Å². The van der Waals surface area contributed by atoms with Crippen LogP contribution in [0.25, 0.3) is 0 Å². The molecule has 1 aromatic carbocycles. The van der Waals surface area contributed by atoms with Crippen molar-refractivity contribution in [3.63, 3.8) is 0 Å². The summed E-state index contributed by atoms with van der Waals surface area (Å²) in [4.78, 5) is 14.3. The van der Waals surface area contributed by atoms with E-state index in [4.69, 9.17) is 5.73 Å². The zero-order valence-corrected chi connectivity index (χ0v) is 11.6. The number of carbonyl (C=O) groups is 1. The topological polar surface area (TPSA) is 46.3 Å². The number of anilines is 1. The molecule has 0 bridgehead atoms. The van der Waals surface area contributed by atoms with Crippen LogP contribution in [0.15, 0.2) is 24.3 Å². The van der Waals surface area contributed by atoms with Crippen LogP contribution in [0.3, 0.4) is 0 Å². The molecule has 1 aromatic rings. The summed E-state index contributed by atoms with van der Waals surface area (Å²) in [5.74, 6) is 0.0886. The molecule has 0 aromatic heterocycles. The Bertz CT molecular complexity index is 390. The first-order valence-electron chi connectivity index (χ1n) is 6.72. The number of para-hydroxylation sites is 1. The van der Waals surface area contributed by atoms with E-state index >= 15 is 0 Å². The lowest BCUT2D eigenvalue weighted by molar-refractivity contribution is -0.122. The molecule has 1 amide bonds. The third-order valence-corrected chi connectivity index (χ3v) is 3.26. The van der Waals surface area contributed by atoms with E-state index in [0.29, 0.717) is 13.1 Å². The van der Waals surface area contributed by atoms with Gasteiger partial charge in [0.25, 0.3) is 0 Å². The fourth-order valence-electron chi connectivity index (χ4n) is 2.22. The number of benzene rings is 1. The standard InChI is InChI=1S/C15H24N2O/c1-4-8-13(11-16)15(18)17(5-2)14-10-7-6-9-12(14)3/h6-7,9-10,13H,4-5,8,11,16H2,1-3H3. The van der Waals surface area contributed by atoms with Crippen LogP contribution in [-0.4, -0.2) is 19.0 Å². The molecule has 100 valence electrons. The number of amides is 1. The summed E-state index contributed by atoms with van der Waals surface area (Å²) >= 11 is 0. The van der Waals surface area contributed by atoms with E-state index in [2.05, 4.69) is 6.92 Å². The van der Waals surface area contributed by atoms with Crippen molar-refractivity contribution in [1.29, 1.82) is 0 Å². The molecule has 1 rings (SSSR count). The van der Waals surface area contributed by atoms with Gasteiger partial charge in [0.2, 0.25) is 5.91 Å². The van der Waals surface area contributed by atoms with Crippen molar-refractivity contribution >= 4 is 11.6 Å². The number of nitrogens with two attached hydrogens (primary N) is 1. The van der Waals surface area contributed by atoms with Crippen LogP contribution in [0, 0.1) is 12.8 Å². The smallest absolute Gasteiger partial charge is 0.231 e. The van der Waals surface area contributed by atoms with Gasteiger partial charge < -0.3 is 10.6 Å². The first-order chi connectivity index (χ1) is 8.65. The Morgan fingerprint density at radius 1 is 1.33 bits per heavy atom. The Morgan fingerprint density at radius 3 is 2.50 bits per heavy atom. The summed E-state index contributed by atoms with van der Waals surface area (Å²) in [6, 6.07) is 7.98. The van der Waals surface area contributed by atoms with Crippen molar-refractivity contribution in [2.45, 2.75) is 33.6 Å². The summed E-state index contributed by atoms with van der Waals surface area (Å²) in [5.41, 5.74) is 7.85. The normalized spacial score (nSPS) is 12.2. The number of aryl methyl sites for hydroxylation is 1. The van der Waals surface area contributed by atoms with Crippen LogP contribution >= 0.6 is 0 Å². The Kier molecular flexibility index (Phi) is 5.86. The summed E-state index contributed by atoms with van der Waals surface area (Å²) in [6.45, 7) is 7.23. The predicted molar refractivity (Wildman–Crippen MR) is 76.7 cm³/mol. The van der Waals surface area contributed by atoms with Gasteiger partial charge in [-0.1, -0.05) is 31.5 Å². The van der Waals surface area contributed by atoms with Crippen LogP contribution in [0.4, 0.5) is 5.69 Å². The van der Waals surface area contributed by atoms with Crippen molar-refractivity contribution in [3.8, 4) is 0 Å². The van der Waals surface area contributed by atoms with Crippen LogP contribution in [0.1, 0.15) is 32.3 Å². The Hall–Kier alpha value is -1.35. The molecule has 3 heteroatoms. The average Bonchev–Trinajstić information content (AvgIpc) is 2.38. The predicted octanol–water partition coefficient (Wildman–Crippen LogP) is 2.72. The number of nitrogens with zero attached hydrogens (tertiary/aromatic N) is 1. The zero-order valence-electron chi connectivity index (χ0n) is 11.6. The lowest BCUT2D eigenvalue weighted by Gasteiger charge is -2.27. The van der Waals surface area contributed by atoms with Gasteiger partial charge in [0.05, 0.1) is 5.92 Å². The molecule has 18 heavy (non-hydrogen) atoms. The molecule has 0 aliphatic rings. The van der Waals surface area contributed by atoms with Crippen LogP contribution < -0.4 is 10.6 Å². The van der Waals surface area contributed by atoms with Crippen LogP contribution in [0.5, 0.6) is 0 Å². The van der Waals surface area contributed by atoms with Crippen LogP contribution in [-0.2, 0) is 4.79 Å². The molecule has 0 fully saturated rings. The van der Waals surface area contributed by atoms with Gasteiger partial charge in [-0.25, -0.2) is 0 Å². The van der Waals surface area contributed by atoms with Gasteiger partial charge in [-0.15, -0.1) is 0 Å². The minimum absolute atomic E-state index is 0.0606. The van der Waals surface area contributed by atoms with Gasteiger partial charge in [-0.05, 0) is 31.9 Å². The molecule has 1 unspecified atom stereocenters. The monoisotopic (exact) mass is 248 g/mol. The first-order valence-corrected chi connectivity index (χ1v) is 6.72. The number of rotatable bonds is 6. The minimum atomic E-state index is -0.0606. The fourth-order valence-corrected chi connectivity index (χ4v) is 2.22. The zero-order chi connectivity index (χ0) is 13.5. The second-order valence-corrected chi connectivity index (χ2v) is 4.59. The highest BCUT2D eigenvalue weighted by Crippen LogP contribution is 2.22. The maximum absolute atomic E-state index is 12.5. The third kappa shape index (κ3) is 3.33. The van der Waals surface area contributed by atoms with Crippen molar-refractivity contribution < 1.29 is 4.79 Å². The van der Waals surface area contributed by atoms with Gasteiger partial charge in [0.1, 0.15) is 0 Å². The van der Waals surface area contributed by atoms with E-state index in [9.17, 15) is 4.79 Å². The first kappa shape index (κ1) is 14.7. The average molecular weight is 248 g/mol. The molecule has 0 saturated carbocycles. The Balaban J connectivity index is 2.96. The van der Waals surface area contributed by atoms with E-state index in [0.717, 1.165) is 24.1 Å². The molecular weight excluding hydrogens is 224 g/mol. The molecule has 0 heterocycles. The van der Waals surface area contributed by atoms with Gasteiger partial charge in [0.15, 0.2) is 0 Å². The molecule has 1 atom stereocenters. The summed E-state index contributed by atoms with van der Waals surface area (Å²) in [7, 11) is 0. The van der Waals surface area contributed by atoms with E-state index < -0.39 is 0 Å². The lowest BCUT2D eigenvalue weighted by Crippen LogP contribution is -2.39. The van der Waals surface area contributed by atoms with E-state index in [1.54, 1.807) is 0 Å². The Labute approximate surface area is 110 Å². The fraction of sp³-hybridized carbons (Fsp3) is 0.533. The Morgan fingerprint density at radius 2 is 2.00 bits per heavy atom. The highest BCUT2D eigenvalue weighted by molar-refractivity contribution is 5.95. The number of hydrogen-bond donors (Lipinski definition) is 1. The lowest BCUT2D eigenvalue weighted by atomic mass is 10.0. The van der Waals surface area contributed by atoms with Gasteiger partial charge in [-0.3, -0.25) is 4.79 Å². The van der Waals surface area contributed by atoms with Gasteiger partial charge in [0, 0.05) is 18.8 Å². The SMILES string of the molecule is CCCC(CN)C(=O)N(CC)c1ccccc1C. The van der Waals surface area contributed by atoms with Crippen molar-refractivity contribution in [1.82, 2.24) is 0 Å². The molecule has 2 N–H and O–H groups in total. The molecule has 0 saturated heterocycles. The van der Waals surface area contributed by atoms with E-state index in [1.165, 1.54) is 0 Å². The van der Waals surface area contributed by atoms with Gasteiger partial charge in [-0.2, -0.15) is 0 Å². The largest absolute Gasteiger partial charge is 0.330 e. The number of hydrogen-bond acceptors (Lipinski definition) is 2. The molecule has 3 nitrogen and oxygen atoms in total. The highest BCUT2D eigenvalue weighted by atomic mass is 16.2. The number of carbonyl (C=O) groups excluding carboxylic acids is 1. The molecule has 0 spiro atoms. The molecule has 0 aliphatic heterocycles. The second-order valence-electron chi connectivity index (χ2n) is 4.59. The second kappa shape index (κ2) is 7.17. The maximum atomic E-state index is 12.5. The highest BCUT2D eigenvalue weighted by Gasteiger charge is 2.23. The van der Waals surface area contributed by atoms with Gasteiger partial charge >= 0.3 is 0 Å². The molecule has 0 aliphatic carbocycles. The molecular formula is C15H24N2O. The van der Waals surface area contributed by atoms with Crippen molar-refractivity contribution in [2.75, 3.05) is 18.0 Å². The quantitative estimate of drug-likeness (QED) is 0.841. The van der Waals surface area contributed by atoms with Crippen molar-refractivity contribution in [3.05, 3.63) is 29.8 Å². The van der Waals surface area contributed by atoms with Crippen molar-refractivity contribution in [2.24, 2.45) is 11.7 Å². The third-order valence-electron chi connectivity index (χ3n) is 3.26. The molecule has 0 radical (unpaired) electrons. The summed E-state index contributed by atoms with van der Waals surface area (Å²) in [5, 5.41) is 0. The maximum Gasteiger partial charge on any atom is 0.231 e. The minimum Gasteiger partial charge on any atom is -0.330 e. The summed E-state index contributed by atoms with van der Waals surface area (Å²) in [6.07, 6.45) is 1.84. The van der Waals surface area contributed by atoms with E-state index in [-0.39, 0.29) is 11.8 Å². The summed E-state index contributed by atoms with van der Waals surface area (Å²) < 4.78 is 0. The van der Waals surface area contributed by atoms with Crippen LogP contribution in [0.2, 0.25) is 0 Å².